The van der Waals surface area contributed by atoms with Gasteiger partial charge in [-0.25, -0.2) is 4.79 Å². The molecule has 2 heterocycles. The van der Waals surface area contributed by atoms with Crippen LogP contribution in [0.5, 0.6) is 11.5 Å². The molecule has 0 amide bonds. The van der Waals surface area contributed by atoms with E-state index in [1.165, 1.54) is 41.7 Å². The summed E-state index contributed by atoms with van der Waals surface area (Å²) in [5.41, 5.74) is 1.25. The number of ether oxygens (including phenoxy) is 2. The number of hydrogen-bond donors (Lipinski definition) is 0. The number of benzene rings is 2. The maximum atomic E-state index is 12.7. The number of nitrogens with zero attached hydrogens (tertiary/aromatic N) is 1. The molecule has 144 valence electrons. The summed E-state index contributed by atoms with van der Waals surface area (Å²) in [4.78, 5) is 35.8. The molecule has 29 heavy (non-hydrogen) atoms. The van der Waals surface area contributed by atoms with Gasteiger partial charge in [0, 0.05) is 17.7 Å². The number of nitro groups is 1. The first kappa shape index (κ1) is 18.6. The predicted octanol–water partition coefficient (Wildman–Crippen LogP) is 4.80. The number of ketones is 1. The van der Waals surface area contributed by atoms with Crippen LogP contribution in [0.15, 0.2) is 59.7 Å². The predicted molar refractivity (Wildman–Crippen MR) is 106 cm³/mol. The van der Waals surface area contributed by atoms with E-state index in [2.05, 4.69) is 0 Å². The largest absolute Gasteiger partial charge is 0.452 e. The first-order valence-electron chi connectivity index (χ1n) is 8.52. The first-order valence-corrected chi connectivity index (χ1v) is 9.40. The van der Waals surface area contributed by atoms with Gasteiger partial charge in [-0.05, 0) is 42.1 Å². The van der Waals surface area contributed by atoms with Crippen molar-refractivity contribution in [1.29, 1.82) is 0 Å². The van der Waals surface area contributed by atoms with Gasteiger partial charge < -0.3 is 9.47 Å². The van der Waals surface area contributed by atoms with Gasteiger partial charge in [0.05, 0.1) is 10.5 Å². The van der Waals surface area contributed by atoms with Crippen LogP contribution in [0, 0.1) is 17.0 Å². The van der Waals surface area contributed by atoms with Crippen molar-refractivity contribution >= 4 is 34.9 Å². The maximum absolute atomic E-state index is 12.7. The Labute approximate surface area is 169 Å². The Bertz CT molecular complexity index is 1180. The second-order valence-corrected chi connectivity index (χ2v) is 7.17. The Morgan fingerprint density at radius 2 is 2.03 bits per heavy atom. The average Bonchev–Trinajstić information content (AvgIpc) is 3.34. The normalized spacial score (nSPS) is 13.8. The monoisotopic (exact) mass is 407 g/mol. The zero-order chi connectivity index (χ0) is 20.5. The van der Waals surface area contributed by atoms with Crippen LogP contribution in [0.1, 0.15) is 31.2 Å². The zero-order valence-corrected chi connectivity index (χ0v) is 15.9. The molecular formula is C21H13NO6S. The molecule has 3 aromatic rings. The molecule has 0 saturated carbocycles. The highest BCUT2D eigenvalue weighted by Gasteiger charge is 2.30. The number of thiophene rings is 1. The van der Waals surface area contributed by atoms with Crippen LogP contribution >= 0.6 is 11.3 Å². The van der Waals surface area contributed by atoms with Gasteiger partial charge in [0.25, 0.3) is 5.69 Å². The summed E-state index contributed by atoms with van der Waals surface area (Å²) in [6.07, 6.45) is 1.45. The van der Waals surface area contributed by atoms with E-state index in [0.29, 0.717) is 33.1 Å². The van der Waals surface area contributed by atoms with Crippen molar-refractivity contribution in [3.8, 4) is 11.5 Å². The molecule has 0 unspecified atom stereocenters. The fourth-order valence-corrected chi connectivity index (χ4v) is 3.50. The molecule has 1 aliphatic rings. The molecule has 0 radical (unpaired) electrons. The van der Waals surface area contributed by atoms with Gasteiger partial charge >= 0.3 is 5.97 Å². The summed E-state index contributed by atoms with van der Waals surface area (Å²) >= 11 is 1.27. The number of Topliss-reactive ketones (excluding diaryl/α,β-unsaturated/α-hetero) is 1. The van der Waals surface area contributed by atoms with E-state index in [9.17, 15) is 19.7 Å². The Morgan fingerprint density at radius 3 is 2.76 bits per heavy atom. The van der Waals surface area contributed by atoms with Crippen molar-refractivity contribution in [3.05, 3.63) is 91.4 Å². The summed E-state index contributed by atoms with van der Waals surface area (Å²) < 4.78 is 11.2. The number of non-ortho nitro benzene ring substituents is 1. The third kappa shape index (κ3) is 3.53. The van der Waals surface area contributed by atoms with Crippen LogP contribution < -0.4 is 9.47 Å². The first-order chi connectivity index (χ1) is 13.9. The molecule has 0 fully saturated rings. The lowest BCUT2D eigenvalue weighted by atomic mass is 10.1. The second kappa shape index (κ2) is 7.33. The van der Waals surface area contributed by atoms with Crippen molar-refractivity contribution in [2.45, 2.75) is 6.92 Å². The van der Waals surface area contributed by atoms with E-state index in [1.807, 2.05) is 0 Å². The summed E-state index contributed by atoms with van der Waals surface area (Å²) in [6, 6.07) is 12.4. The summed E-state index contributed by atoms with van der Waals surface area (Å²) in [6.45, 7) is 1.69. The minimum Gasteiger partial charge on any atom is -0.452 e. The van der Waals surface area contributed by atoms with Gasteiger partial charge in [0.15, 0.2) is 5.76 Å². The van der Waals surface area contributed by atoms with Crippen molar-refractivity contribution in [2.24, 2.45) is 0 Å². The quantitative estimate of drug-likeness (QED) is 0.203. The van der Waals surface area contributed by atoms with Crippen molar-refractivity contribution in [2.75, 3.05) is 0 Å². The number of esters is 1. The molecule has 0 spiro atoms. The Hall–Kier alpha value is -3.78. The van der Waals surface area contributed by atoms with Crippen molar-refractivity contribution < 1.29 is 24.0 Å². The minimum absolute atomic E-state index is 0.0466. The van der Waals surface area contributed by atoms with E-state index >= 15 is 0 Å². The molecule has 4 rings (SSSR count). The van der Waals surface area contributed by atoms with E-state index in [1.54, 1.807) is 36.6 Å². The molecule has 0 atom stereocenters. The Kier molecular flexibility index (Phi) is 4.69. The Morgan fingerprint density at radius 1 is 1.21 bits per heavy atom. The second-order valence-electron chi connectivity index (χ2n) is 6.22. The molecule has 0 aliphatic carbocycles. The van der Waals surface area contributed by atoms with Gasteiger partial charge in [-0.2, -0.15) is 0 Å². The van der Waals surface area contributed by atoms with E-state index in [0.717, 1.165) is 0 Å². The summed E-state index contributed by atoms with van der Waals surface area (Å²) in [7, 11) is 0. The smallest absolute Gasteiger partial charge is 0.353 e. The third-order valence-electron chi connectivity index (χ3n) is 4.34. The van der Waals surface area contributed by atoms with Crippen LogP contribution in [0.25, 0.3) is 6.08 Å². The average molecular weight is 407 g/mol. The molecule has 7 nitrogen and oxygen atoms in total. The number of carbonyl (C=O) groups excluding carboxylic acids is 2. The third-order valence-corrected chi connectivity index (χ3v) is 5.19. The van der Waals surface area contributed by atoms with Crippen LogP contribution in [0.4, 0.5) is 5.69 Å². The SMILES string of the molecule is Cc1c(OC(=O)c2cccs2)ccc2c1O/C(=C\c1cccc([N+](=O)[O-])c1)C2=O. The fourth-order valence-electron chi connectivity index (χ4n) is 2.90. The van der Waals surface area contributed by atoms with Crippen LogP contribution in [-0.4, -0.2) is 16.7 Å². The number of rotatable bonds is 4. The molecule has 1 aromatic heterocycles. The highest BCUT2D eigenvalue weighted by Crippen LogP contribution is 2.39. The van der Waals surface area contributed by atoms with E-state index in [-0.39, 0.29) is 17.2 Å². The van der Waals surface area contributed by atoms with Crippen LogP contribution in [-0.2, 0) is 0 Å². The molecule has 0 bridgehead atoms. The highest BCUT2D eigenvalue weighted by molar-refractivity contribution is 7.12. The lowest BCUT2D eigenvalue weighted by molar-refractivity contribution is -0.384. The number of allylic oxidation sites excluding steroid dienone is 1. The lowest BCUT2D eigenvalue weighted by Crippen LogP contribution is -2.07. The zero-order valence-electron chi connectivity index (χ0n) is 15.1. The van der Waals surface area contributed by atoms with E-state index in [4.69, 9.17) is 9.47 Å². The Balaban J connectivity index is 1.63. The van der Waals surface area contributed by atoms with Crippen LogP contribution in [0.3, 0.4) is 0 Å². The summed E-state index contributed by atoms with van der Waals surface area (Å²) in [5.74, 6) is -0.175. The molecule has 1 aliphatic heterocycles. The standard InChI is InChI=1S/C21H13NO6S/c1-12-16(28-21(24)18-6-3-9-29-18)8-7-15-19(23)17(27-20(12)15)11-13-4-2-5-14(10-13)22(25)26/h2-11H,1H3/b17-11-. The molecule has 2 aromatic carbocycles. The molecule has 0 saturated heterocycles. The maximum Gasteiger partial charge on any atom is 0.353 e. The molecule has 0 N–H and O–H groups in total. The number of hydrogen-bond acceptors (Lipinski definition) is 7. The number of nitro benzene ring substituents is 1. The fraction of sp³-hybridized carbons (Fsp3) is 0.0476. The lowest BCUT2D eigenvalue weighted by Gasteiger charge is -2.09. The summed E-state index contributed by atoms with van der Waals surface area (Å²) in [5, 5.41) is 12.7. The molecule has 8 heteroatoms. The minimum atomic E-state index is -0.507. The highest BCUT2D eigenvalue weighted by atomic mass is 32.1. The van der Waals surface area contributed by atoms with Gasteiger partial charge in [0.2, 0.25) is 5.78 Å². The van der Waals surface area contributed by atoms with Gasteiger partial charge in [0.1, 0.15) is 16.4 Å². The molecular weight excluding hydrogens is 394 g/mol. The van der Waals surface area contributed by atoms with Gasteiger partial charge in [-0.1, -0.05) is 18.2 Å². The van der Waals surface area contributed by atoms with Crippen molar-refractivity contribution in [3.63, 3.8) is 0 Å². The van der Waals surface area contributed by atoms with Gasteiger partial charge in [-0.15, -0.1) is 11.3 Å². The van der Waals surface area contributed by atoms with Crippen molar-refractivity contribution in [1.82, 2.24) is 0 Å². The number of carbonyl (C=O) groups is 2. The number of fused-ring (bicyclic) bond motifs is 1. The van der Waals surface area contributed by atoms with Crippen LogP contribution in [0.2, 0.25) is 0 Å². The topological polar surface area (TPSA) is 95.7 Å². The van der Waals surface area contributed by atoms with Gasteiger partial charge in [-0.3, -0.25) is 14.9 Å². The van der Waals surface area contributed by atoms with E-state index < -0.39 is 10.9 Å².